The average Bonchev–Trinajstić information content (AvgIpc) is 2.15. The molecule has 1 aliphatic rings. The Balaban J connectivity index is 2.40. The van der Waals surface area contributed by atoms with Gasteiger partial charge in [-0.2, -0.15) is 0 Å². The van der Waals surface area contributed by atoms with Crippen LogP contribution in [0.15, 0.2) is 0 Å². The Labute approximate surface area is 78.7 Å². The van der Waals surface area contributed by atoms with E-state index in [2.05, 4.69) is 16.7 Å². The molecule has 1 rings (SSSR count). The molecule has 0 saturated carbocycles. The summed E-state index contributed by atoms with van der Waals surface area (Å²) < 4.78 is 0. The van der Waals surface area contributed by atoms with E-state index in [0.717, 1.165) is 19.4 Å². The van der Waals surface area contributed by atoms with Gasteiger partial charge in [-0.1, -0.05) is 5.92 Å². The first kappa shape index (κ1) is 10.1. The first-order valence-electron chi connectivity index (χ1n) is 4.59. The lowest BCUT2D eigenvalue weighted by atomic mass is 9.98. The first-order chi connectivity index (χ1) is 6.24. The van der Waals surface area contributed by atoms with Crippen LogP contribution in [0, 0.1) is 17.8 Å². The summed E-state index contributed by atoms with van der Waals surface area (Å²) in [5, 5.41) is 8.82. The highest BCUT2D eigenvalue weighted by Gasteiger charge is 2.24. The van der Waals surface area contributed by atoms with Gasteiger partial charge in [0.1, 0.15) is 0 Å². The van der Waals surface area contributed by atoms with Gasteiger partial charge >= 0.3 is 5.97 Å². The SMILES string of the molecule is CC#CCN1CCCC(C(=O)O)C1. The van der Waals surface area contributed by atoms with Crippen molar-refractivity contribution in [1.82, 2.24) is 4.90 Å². The number of nitrogens with zero attached hydrogens (tertiary/aromatic N) is 1. The molecular weight excluding hydrogens is 166 g/mol. The number of hydrogen-bond acceptors (Lipinski definition) is 2. The van der Waals surface area contributed by atoms with E-state index in [9.17, 15) is 4.79 Å². The second kappa shape index (κ2) is 4.88. The van der Waals surface area contributed by atoms with Crippen LogP contribution < -0.4 is 0 Å². The Bertz CT molecular complexity index is 239. The van der Waals surface area contributed by atoms with E-state index < -0.39 is 5.97 Å². The number of rotatable bonds is 2. The molecule has 0 radical (unpaired) electrons. The third-order valence-corrected chi connectivity index (χ3v) is 2.33. The lowest BCUT2D eigenvalue weighted by molar-refractivity contribution is -0.143. The molecule has 0 aromatic carbocycles. The lowest BCUT2D eigenvalue weighted by Gasteiger charge is -2.28. The molecule has 0 spiro atoms. The fourth-order valence-electron chi connectivity index (χ4n) is 1.59. The summed E-state index contributed by atoms with van der Waals surface area (Å²) in [4.78, 5) is 12.8. The molecule has 1 heterocycles. The summed E-state index contributed by atoms with van der Waals surface area (Å²) in [5.41, 5.74) is 0. The quantitative estimate of drug-likeness (QED) is 0.641. The minimum absolute atomic E-state index is 0.188. The Morgan fingerprint density at radius 3 is 3.08 bits per heavy atom. The van der Waals surface area contributed by atoms with Crippen LogP contribution in [-0.2, 0) is 4.79 Å². The normalized spacial score (nSPS) is 23.3. The molecule has 72 valence electrons. The third kappa shape index (κ3) is 3.08. The molecule has 1 atom stereocenters. The molecule has 1 N–H and O–H groups in total. The molecule has 0 aromatic rings. The van der Waals surface area contributed by atoms with Gasteiger partial charge in [0.2, 0.25) is 0 Å². The van der Waals surface area contributed by atoms with Crippen molar-refractivity contribution in [1.29, 1.82) is 0 Å². The van der Waals surface area contributed by atoms with Gasteiger partial charge < -0.3 is 5.11 Å². The molecule has 13 heavy (non-hydrogen) atoms. The van der Waals surface area contributed by atoms with E-state index in [1.807, 2.05) is 0 Å². The predicted molar refractivity (Wildman–Crippen MR) is 50.2 cm³/mol. The largest absolute Gasteiger partial charge is 0.481 e. The zero-order valence-electron chi connectivity index (χ0n) is 7.92. The van der Waals surface area contributed by atoms with E-state index in [-0.39, 0.29) is 5.92 Å². The Hall–Kier alpha value is -1.01. The minimum atomic E-state index is -0.672. The standard InChI is InChI=1S/C10H15NO2/c1-2-3-6-11-7-4-5-9(8-11)10(12)13/h9H,4-8H2,1H3,(H,12,13). The molecule has 0 bridgehead atoms. The van der Waals surface area contributed by atoms with E-state index in [4.69, 9.17) is 5.11 Å². The molecule has 0 amide bonds. The maximum absolute atomic E-state index is 10.7. The third-order valence-electron chi connectivity index (χ3n) is 2.33. The molecule has 3 nitrogen and oxygen atoms in total. The van der Waals surface area contributed by atoms with Crippen molar-refractivity contribution in [2.45, 2.75) is 19.8 Å². The van der Waals surface area contributed by atoms with Gasteiger partial charge in [-0.15, -0.1) is 5.92 Å². The zero-order valence-corrected chi connectivity index (χ0v) is 7.92. The van der Waals surface area contributed by atoms with E-state index in [1.165, 1.54) is 0 Å². The summed E-state index contributed by atoms with van der Waals surface area (Å²) in [6.45, 7) is 4.15. The van der Waals surface area contributed by atoms with Crippen LogP contribution in [0.1, 0.15) is 19.8 Å². The average molecular weight is 181 g/mol. The van der Waals surface area contributed by atoms with Gasteiger partial charge in [0, 0.05) is 6.54 Å². The number of hydrogen-bond donors (Lipinski definition) is 1. The Morgan fingerprint density at radius 2 is 2.46 bits per heavy atom. The van der Waals surface area contributed by atoms with Crippen molar-refractivity contribution >= 4 is 5.97 Å². The number of carbonyl (C=O) groups is 1. The van der Waals surface area contributed by atoms with Crippen LogP contribution in [0.3, 0.4) is 0 Å². The van der Waals surface area contributed by atoms with Crippen LogP contribution in [0.4, 0.5) is 0 Å². The predicted octanol–water partition coefficient (Wildman–Crippen LogP) is 0.806. The van der Waals surface area contributed by atoms with Gasteiger partial charge in [-0.3, -0.25) is 9.69 Å². The fraction of sp³-hybridized carbons (Fsp3) is 0.700. The van der Waals surface area contributed by atoms with Crippen LogP contribution in [0.2, 0.25) is 0 Å². The second-order valence-electron chi connectivity index (χ2n) is 3.34. The highest BCUT2D eigenvalue weighted by Crippen LogP contribution is 2.15. The summed E-state index contributed by atoms with van der Waals surface area (Å²) >= 11 is 0. The molecule has 1 saturated heterocycles. The van der Waals surface area contributed by atoms with Gasteiger partial charge in [0.05, 0.1) is 12.5 Å². The van der Waals surface area contributed by atoms with Crippen molar-refractivity contribution in [2.24, 2.45) is 5.92 Å². The van der Waals surface area contributed by atoms with Crippen LogP contribution in [0.5, 0.6) is 0 Å². The maximum Gasteiger partial charge on any atom is 0.307 e. The first-order valence-corrected chi connectivity index (χ1v) is 4.59. The number of carboxylic acid groups (broad SMARTS) is 1. The number of piperidine rings is 1. The van der Waals surface area contributed by atoms with Gasteiger partial charge in [-0.05, 0) is 26.3 Å². The highest BCUT2D eigenvalue weighted by molar-refractivity contribution is 5.70. The number of aliphatic carboxylic acids is 1. The molecule has 1 aliphatic heterocycles. The van der Waals surface area contributed by atoms with Gasteiger partial charge in [0.25, 0.3) is 0 Å². The molecule has 0 aliphatic carbocycles. The lowest BCUT2D eigenvalue weighted by Crippen LogP contribution is -2.38. The van der Waals surface area contributed by atoms with Crippen molar-refractivity contribution < 1.29 is 9.90 Å². The summed E-state index contributed by atoms with van der Waals surface area (Å²) in [5.74, 6) is 4.92. The molecule has 1 unspecified atom stereocenters. The number of carboxylic acids is 1. The second-order valence-corrected chi connectivity index (χ2v) is 3.34. The molecular formula is C10H15NO2. The van der Waals surface area contributed by atoms with Crippen molar-refractivity contribution in [3.05, 3.63) is 0 Å². The number of likely N-dealkylation sites (tertiary alicyclic amines) is 1. The molecule has 0 aromatic heterocycles. The van der Waals surface area contributed by atoms with Crippen molar-refractivity contribution in [3.63, 3.8) is 0 Å². The smallest absolute Gasteiger partial charge is 0.307 e. The van der Waals surface area contributed by atoms with Gasteiger partial charge in [-0.25, -0.2) is 0 Å². The Morgan fingerprint density at radius 1 is 1.69 bits per heavy atom. The van der Waals surface area contributed by atoms with Crippen LogP contribution >= 0.6 is 0 Å². The van der Waals surface area contributed by atoms with E-state index in [1.54, 1.807) is 6.92 Å². The zero-order chi connectivity index (χ0) is 9.68. The maximum atomic E-state index is 10.7. The van der Waals surface area contributed by atoms with Crippen molar-refractivity contribution in [2.75, 3.05) is 19.6 Å². The topological polar surface area (TPSA) is 40.5 Å². The fourth-order valence-corrected chi connectivity index (χ4v) is 1.59. The summed E-state index contributed by atoms with van der Waals surface area (Å²) in [6, 6.07) is 0. The summed E-state index contributed by atoms with van der Waals surface area (Å²) in [7, 11) is 0. The monoisotopic (exact) mass is 181 g/mol. The van der Waals surface area contributed by atoms with Crippen LogP contribution in [-0.4, -0.2) is 35.6 Å². The van der Waals surface area contributed by atoms with Crippen LogP contribution in [0.25, 0.3) is 0 Å². The van der Waals surface area contributed by atoms with Crippen molar-refractivity contribution in [3.8, 4) is 11.8 Å². The molecule has 1 fully saturated rings. The highest BCUT2D eigenvalue weighted by atomic mass is 16.4. The summed E-state index contributed by atoms with van der Waals surface area (Å²) in [6.07, 6.45) is 1.79. The van der Waals surface area contributed by atoms with Gasteiger partial charge in [0.15, 0.2) is 0 Å². The van der Waals surface area contributed by atoms with E-state index in [0.29, 0.717) is 13.1 Å². The Kier molecular flexibility index (Phi) is 3.78. The molecule has 3 heteroatoms. The van der Waals surface area contributed by atoms with E-state index >= 15 is 0 Å². The minimum Gasteiger partial charge on any atom is -0.481 e.